The number of aromatic nitrogens is 20. The van der Waals surface area contributed by atoms with Gasteiger partial charge in [-0.3, -0.25) is 9.97 Å². The van der Waals surface area contributed by atoms with Crippen LogP contribution < -0.4 is 23.4 Å². The third-order valence-corrected chi connectivity index (χ3v) is 11.9. The molecule has 0 spiro atoms. The molecule has 0 fully saturated rings. The van der Waals surface area contributed by atoms with Crippen molar-refractivity contribution >= 4 is 0 Å². The molecule has 0 saturated carbocycles. The molecule has 0 unspecified atom stereocenters. The molecular formula is C60H75N20+5. The van der Waals surface area contributed by atoms with Gasteiger partial charge in [0, 0.05) is 133 Å². The molecule has 0 N–H and O–H groups in total. The van der Waals surface area contributed by atoms with E-state index < -0.39 is 0 Å². The summed E-state index contributed by atoms with van der Waals surface area (Å²) in [7, 11) is 0. The van der Waals surface area contributed by atoms with Gasteiger partial charge in [0.05, 0.1) is 35.7 Å². The lowest BCUT2D eigenvalue weighted by atomic mass is 10.1. The molecule has 0 atom stereocenters. The van der Waals surface area contributed by atoms with Crippen LogP contribution in [0.4, 0.5) is 0 Å². The Hall–Kier alpha value is -9.20. The lowest BCUT2D eigenvalue weighted by molar-refractivity contribution is -0.754. The van der Waals surface area contributed by atoms with Gasteiger partial charge < -0.3 is 0 Å². The summed E-state index contributed by atoms with van der Waals surface area (Å²) in [4.78, 5) is 24.7. The number of rotatable bonds is 20. The number of hydrogen-bond acceptors (Lipinski definition) is 15. The summed E-state index contributed by atoms with van der Waals surface area (Å²) in [6.07, 6.45) is 47.8. The Balaban J connectivity index is 0.000000161. The van der Waals surface area contributed by atoms with Crippen molar-refractivity contribution in [2.75, 3.05) is 0 Å². The second-order valence-corrected chi connectivity index (χ2v) is 18.2. The molecule has 10 aromatic rings. The minimum Gasteiger partial charge on any atom is -0.261 e. The Morgan fingerprint density at radius 1 is 0.312 bits per heavy atom. The van der Waals surface area contributed by atoms with Gasteiger partial charge in [-0.1, -0.05) is 90.1 Å². The fourth-order valence-corrected chi connectivity index (χ4v) is 7.22. The standard InChI is InChI=1S/5C12H15N4/c1-2-3-7-16-8-4-11(9-15-16)12-10-13-5-6-14-12;1-2-3-8-16-9-5-11(10-15-16)12-13-6-4-7-14-12;1-2-3-7-16-8-5-11(9-15-16)12-4-6-13-10-14-12;1-2-3-7-16-8-5-12(10-15-16)11-4-6-13-14-9-11;1-2-3-8-16-9-6-11(10-14-16)12-5-4-7-13-15-12/h4-6,8-10H,2-3,7H2,1H3;4-7,9-10H,2-3,8H2,1H3;2*4-6,8-10H,2-3,7H2,1H3;4-7,9-10H,2-3,8H2,1H3/q5*+1. The maximum absolute atomic E-state index is 4.36. The molecule has 20 nitrogen and oxygen atoms in total. The van der Waals surface area contributed by atoms with Crippen LogP contribution in [-0.4, -0.2) is 75.8 Å². The second-order valence-electron chi connectivity index (χ2n) is 18.2. The molecule has 0 aliphatic rings. The fourth-order valence-electron chi connectivity index (χ4n) is 7.22. The summed E-state index contributed by atoms with van der Waals surface area (Å²) in [5, 5.41) is 37.2. The Kier molecular flexibility index (Phi) is 27.0. The highest BCUT2D eigenvalue weighted by atomic mass is 15.3. The second kappa shape index (κ2) is 36.0. The lowest BCUT2D eigenvalue weighted by Crippen LogP contribution is -2.37. The molecule has 0 radical (unpaired) electrons. The maximum atomic E-state index is 4.36. The van der Waals surface area contributed by atoms with Crippen molar-refractivity contribution in [3.63, 3.8) is 0 Å². The van der Waals surface area contributed by atoms with E-state index in [1.807, 2.05) is 134 Å². The van der Waals surface area contributed by atoms with E-state index >= 15 is 0 Å². The topological polar surface area (TPSA) is 213 Å². The summed E-state index contributed by atoms with van der Waals surface area (Å²) in [5.74, 6) is 0.720. The minimum absolute atomic E-state index is 0.720. The van der Waals surface area contributed by atoms with Crippen molar-refractivity contribution in [2.24, 2.45) is 0 Å². The maximum Gasteiger partial charge on any atom is 0.197 e. The highest BCUT2D eigenvalue weighted by Gasteiger charge is 2.09. The smallest absolute Gasteiger partial charge is 0.197 e. The zero-order chi connectivity index (χ0) is 56.1. The summed E-state index contributed by atoms with van der Waals surface area (Å²) in [6, 6.07) is 19.6. The summed E-state index contributed by atoms with van der Waals surface area (Å²) >= 11 is 0. The molecule has 10 rings (SSSR count). The Bertz CT molecular complexity index is 2630. The normalized spacial score (nSPS) is 10.3. The van der Waals surface area contributed by atoms with E-state index in [-0.39, 0.29) is 0 Å². The molecule has 0 bridgehead atoms. The first-order chi connectivity index (χ1) is 39.5. The van der Waals surface area contributed by atoms with Crippen molar-refractivity contribution in [2.45, 2.75) is 132 Å². The Morgan fingerprint density at radius 3 is 1.19 bits per heavy atom. The van der Waals surface area contributed by atoms with Gasteiger partial charge in [-0.2, -0.15) is 20.4 Å². The van der Waals surface area contributed by atoms with Crippen LogP contribution in [0.15, 0.2) is 185 Å². The highest BCUT2D eigenvalue weighted by Crippen LogP contribution is 2.16. The predicted molar refractivity (Wildman–Crippen MR) is 302 cm³/mol. The van der Waals surface area contributed by atoms with Crippen LogP contribution >= 0.6 is 0 Å². The number of aryl methyl sites for hydroxylation is 5. The largest absolute Gasteiger partial charge is 0.261 e. The number of unbranched alkanes of at least 4 members (excludes halogenated alkanes) is 5. The van der Waals surface area contributed by atoms with E-state index in [2.05, 4.69) is 116 Å². The third kappa shape index (κ3) is 21.7. The zero-order valence-corrected chi connectivity index (χ0v) is 46.9. The van der Waals surface area contributed by atoms with Gasteiger partial charge in [0.1, 0.15) is 37.3 Å². The van der Waals surface area contributed by atoms with Crippen LogP contribution in [0.5, 0.6) is 0 Å². The van der Waals surface area contributed by atoms with Gasteiger partial charge in [0.2, 0.25) is 0 Å². The quantitative estimate of drug-likeness (QED) is 0.0659. The first kappa shape index (κ1) is 60.0. The number of hydrogen-bond donors (Lipinski definition) is 0. The van der Waals surface area contributed by atoms with E-state index in [1.54, 1.807) is 68.2 Å². The molecule has 0 aliphatic heterocycles. The van der Waals surface area contributed by atoms with Gasteiger partial charge in [-0.15, -0.1) is 0 Å². The van der Waals surface area contributed by atoms with Crippen LogP contribution in [0.2, 0.25) is 0 Å². The minimum atomic E-state index is 0.720. The van der Waals surface area contributed by atoms with Crippen molar-refractivity contribution in [3.05, 3.63) is 185 Å². The average molecular weight is 1080 g/mol. The Morgan fingerprint density at radius 2 is 0.787 bits per heavy atom. The molecular weight excluding hydrogens is 1000 g/mol. The van der Waals surface area contributed by atoms with E-state index in [4.69, 9.17) is 0 Å². The molecule has 80 heavy (non-hydrogen) atoms. The van der Waals surface area contributed by atoms with Crippen LogP contribution in [-0.2, 0) is 32.7 Å². The van der Waals surface area contributed by atoms with E-state index in [9.17, 15) is 0 Å². The molecule has 10 aromatic heterocycles. The lowest BCUT2D eigenvalue weighted by Gasteiger charge is -1.97. The first-order valence-corrected chi connectivity index (χ1v) is 27.6. The zero-order valence-electron chi connectivity index (χ0n) is 46.9. The van der Waals surface area contributed by atoms with E-state index in [1.165, 1.54) is 32.1 Å². The monoisotopic (exact) mass is 1080 g/mol. The summed E-state index contributed by atoms with van der Waals surface area (Å²) < 4.78 is 9.75. The molecule has 10 heterocycles. The van der Waals surface area contributed by atoms with Crippen molar-refractivity contribution in [3.8, 4) is 56.3 Å². The SMILES string of the molecule is CCCC[n+]1ccc(-c2cccnn2)cn1.CCCC[n+]1ccc(-c2ccncn2)cn1.CCCC[n+]1ccc(-c2ccnnc2)cn1.CCCC[n+]1ccc(-c2cnccn2)cn1.CCCC[n+]1ccc(-c2ncccn2)cn1. The van der Waals surface area contributed by atoms with Gasteiger partial charge in [-0.25, -0.2) is 19.9 Å². The van der Waals surface area contributed by atoms with Gasteiger partial charge in [0.15, 0.2) is 69.5 Å². The van der Waals surface area contributed by atoms with Crippen LogP contribution in [0.1, 0.15) is 98.8 Å². The molecule has 20 heteroatoms. The van der Waals surface area contributed by atoms with Crippen LogP contribution in [0.3, 0.4) is 0 Å². The van der Waals surface area contributed by atoms with Crippen LogP contribution in [0.25, 0.3) is 56.3 Å². The number of nitrogens with zero attached hydrogens (tertiary/aromatic N) is 20. The molecule has 0 saturated heterocycles. The van der Waals surface area contributed by atoms with Crippen LogP contribution in [0, 0.1) is 0 Å². The van der Waals surface area contributed by atoms with Gasteiger partial charge >= 0.3 is 0 Å². The van der Waals surface area contributed by atoms with E-state index in [0.717, 1.165) is 121 Å². The van der Waals surface area contributed by atoms with E-state index in [0.29, 0.717) is 0 Å². The van der Waals surface area contributed by atoms with Crippen molar-refractivity contribution in [1.82, 2.24) is 75.8 Å². The van der Waals surface area contributed by atoms with Gasteiger partial charge in [0.25, 0.3) is 0 Å². The molecule has 0 amide bonds. The van der Waals surface area contributed by atoms with Gasteiger partial charge in [-0.05, 0) is 55.8 Å². The highest BCUT2D eigenvalue weighted by molar-refractivity contribution is 5.60. The van der Waals surface area contributed by atoms with Crippen molar-refractivity contribution < 1.29 is 23.4 Å². The summed E-state index contributed by atoms with van der Waals surface area (Å²) in [6.45, 7) is 15.7. The van der Waals surface area contributed by atoms with Crippen molar-refractivity contribution in [1.29, 1.82) is 0 Å². The Labute approximate surface area is 469 Å². The first-order valence-electron chi connectivity index (χ1n) is 27.6. The third-order valence-electron chi connectivity index (χ3n) is 11.9. The molecule has 0 aromatic carbocycles. The predicted octanol–water partition coefficient (Wildman–Crippen LogP) is 8.13. The summed E-state index contributed by atoms with van der Waals surface area (Å²) in [5.41, 5.74) is 8.72. The average Bonchev–Trinajstić information content (AvgIpc) is 3.54. The molecule has 0 aliphatic carbocycles. The fraction of sp³-hybridized carbons (Fsp3) is 0.333. The molecule has 410 valence electrons.